The maximum Gasteiger partial charge on any atom is 0.231 e. The van der Waals surface area contributed by atoms with Crippen molar-refractivity contribution in [3.05, 3.63) is 29.8 Å². The van der Waals surface area contributed by atoms with Gasteiger partial charge < -0.3 is 14.5 Å². The first kappa shape index (κ1) is 13.9. The standard InChI is InChI=1S/C16H20N2O3/c1-17-8-7-16(9-14(17)19)11-18(15(16)20)10-12-3-5-13(21-2)6-4-12/h3-6H,7-11H2,1-2H3. The molecular formula is C16H20N2O3. The number of rotatable bonds is 3. The first-order chi connectivity index (χ1) is 10.0. The highest BCUT2D eigenvalue weighted by Gasteiger charge is 2.54. The lowest BCUT2D eigenvalue weighted by atomic mass is 9.70. The first-order valence-electron chi connectivity index (χ1n) is 7.20. The highest BCUT2D eigenvalue weighted by molar-refractivity contribution is 5.94. The van der Waals surface area contributed by atoms with Gasteiger partial charge in [-0.25, -0.2) is 0 Å². The van der Waals surface area contributed by atoms with Crippen LogP contribution in [0.25, 0.3) is 0 Å². The predicted octanol–water partition coefficient (Wildman–Crippen LogP) is 1.28. The minimum Gasteiger partial charge on any atom is -0.497 e. The van der Waals surface area contributed by atoms with E-state index < -0.39 is 5.41 Å². The maximum absolute atomic E-state index is 12.4. The molecule has 112 valence electrons. The van der Waals surface area contributed by atoms with Crippen LogP contribution < -0.4 is 4.74 Å². The minimum absolute atomic E-state index is 0.0821. The van der Waals surface area contributed by atoms with E-state index in [2.05, 4.69) is 0 Å². The Bertz CT molecular complexity index is 569. The molecule has 1 spiro atoms. The van der Waals surface area contributed by atoms with Crippen molar-refractivity contribution in [3.63, 3.8) is 0 Å². The molecule has 1 aromatic rings. The molecule has 2 fully saturated rings. The Morgan fingerprint density at radius 3 is 2.52 bits per heavy atom. The van der Waals surface area contributed by atoms with Crippen molar-refractivity contribution >= 4 is 11.8 Å². The molecule has 0 saturated carbocycles. The van der Waals surface area contributed by atoms with Crippen LogP contribution in [0.1, 0.15) is 18.4 Å². The summed E-state index contributed by atoms with van der Waals surface area (Å²) in [6.45, 7) is 1.98. The van der Waals surface area contributed by atoms with Gasteiger partial charge in [0, 0.05) is 33.1 Å². The van der Waals surface area contributed by atoms with Gasteiger partial charge in [-0.05, 0) is 24.1 Å². The van der Waals surface area contributed by atoms with Crippen molar-refractivity contribution in [2.75, 3.05) is 27.2 Å². The Hall–Kier alpha value is -2.04. The van der Waals surface area contributed by atoms with Crippen molar-refractivity contribution in [2.45, 2.75) is 19.4 Å². The van der Waals surface area contributed by atoms with Crippen LogP contribution >= 0.6 is 0 Å². The molecule has 5 heteroatoms. The van der Waals surface area contributed by atoms with Gasteiger partial charge in [-0.15, -0.1) is 0 Å². The smallest absolute Gasteiger partial charge is 0.231 e. The van der Waals surface area contributed by atoms with Gasteiger partial charge in [0.15, 0.2) is 0 Å². The number of amides is 2. The molecule has 0 aliphatic carbocycles. The van der Waals surface area contributed by atoms with Gasteiger partial charge in [0.2, 0.25) is 11.8 Å². The molecule has 1 unspecified atom stereocenters. The number of ether oxygens (including phenoxy) is 1. The van der Waals surface area contributed by atoms with Crippen LogP contribution in [-0.2, 0) is 16.1 Å². The average molecular weight is 288 g/mol. The zero-order chi connectivity index (χ0) is 15.0. The molecule has 21 heavy (non-hydrogen) atoms. The van der Waals surface area contributed by atoms with Gasteiger partial charge >= 0.3 is 0 Å². The second kappa shape index (κ2) is 5.06. The summed E-state index contributed by atoms with van der Waals surface area (Å²) in [5, 5.41) is 0. The first-order valence-corrected chi connectivity index (χ1v) is 7.20. The third-order valence-electron chi connectivity index (χ3n) is 4.61. The van der Waals surface area contributed by atoms with E-state index in [1.165, 1.54) is 0 Å². The summed E-state index contributed by atoms with van der Waals surface area (Å²) in [6, 6.07) is 7.73. The van der Waals surface area contributed by atoms with Gasteiger partial charge in [0.1, 0.15) is 5.75 Å². The van der Waals surface area contributed by atoms with Crippen LogP contribution in [0, 0.1) is 5.41 Å². The summed E-state index contributed by atoms with van der Waals surface area (Å²) in [7, 11) is 3.43. The highest BCUT2D eigenvalue weighted by atomic mass is 16.5. The van der Waals surface area contributed by atoms with E-state index >= 15 is 0 Å². The number of likely N-dealkylation sites (tertiary alicyclic amines) is 2. The Balaban J connectivity index is 1.63. The van der Waals surface area contributed by atoms with Crippen LogP contribution in [-0.4, -0.2) is 48.9 Å². The van der Waals surface area contributed by atoms with E-state index in [0.717, 1.165) is 17.7 Å². The van der Waals surface area contributed by atoms with Crippen molar-refractivity contribution in [3.8, 4) is 5.75 Å². The summed E-state index contributed by atoms with van der Waals surface area (Å²) in [5.74, 6) is 1.02. The summed E-state index contributed by atoms with van der Waals surface area (Å²) in [6.07, 6.45) is 1.15. The fourth-order valence-corrected chi connectivity index (χ4v) is 3.16. The largest absolute Gasteiger partial charge is 0.497 e. The van der Waals surface area contributed by atoms with E-state index in [-0.39, 0.29) is 11.8 Å². The Kier molecular flexibility index (Phi) is 3.35. The summed E-state index contributed by atoms with van der Waals surface area (Å²) >= 11 is 0. The van der Waals surface area contributed by atoms with Gasteiger partial charge in [-0.1, -0.05) is 12.1 Å². The van der Waals surface area contributed by atoms with Gasteiger partial charge in [-0.2, -0.15) is 0 Å². The predicted molar refractivity (Wildman–Crippen MR) is 77.7 cm³/mol. The lowest BCUT2D eigenvalue weighted by molar-refractivity contribution is -0.171. The molecule has 2 aliphatic rings. The molecule has 1 aromatic carbocycles. The van der Waals surface area contributed by atoms with E-state index in [0.29, 0.717) is 26.1 Å². The zero-order valence-corrected chi connectivity index (χ0v) is 12.5. The van der Waals surface area contributed by atoms with E-state index in [1.54, 1.807) is 19.1 Å². The van der Waals surface area contributed by atoms with Crippen molar-refractivity contribution in [1.29, 1.82) is 0 Å². The summed E-state index contributed by atoms with van der Waals surface area (Å²) in [4.78, 5) is 27.8. The second-order valence-electron chi connectivity index (χ2n) is 6.03. The number of carbonyl (C=O) groups is 2. The molecular weight excluding hydrogens is 268 g/mol. The third kappa shape index (κ3) is 2.37. The lowest BCUT2D eigenvalue weighted by Gasteiger charge is -2.51. The van der Waals surface area contributed by atoms with Gasteiger partial charge in [-0.3, -0.25) is 9.59 Å². The fraction of sp³-hybridized carbons (Fsp3) is 0.500. The normalized spacial score (nSPS) is 25.2. The number of nitrogens with zero attached hydrogens (tertiary/aromatic N) is 2. The topological polar surface area (TPSA) is 49.9 Å². The average Bonchev–Trinajstić information content (AvgIpc) is 2.51. The minimum atomic E-state index is -0.421. The SMILES string of the molecule is COc1ccc(CN2CC3(CCN(C)C(=O)C3)C2=O)cc1. The lowest BCUT2D eigenvalue weighted by Crippen LogP contribution is -2.64. The third-order valence-corrected chi connectivity index (χ3v) is 4.61. The molecule has 0 N–H and O–H groups in total. The number of β-lactam (4-membered cyclic amide) rings is 1. The zero-order valence-electron chi connectivity index (χ0n) is 12.5. The van der Waals surface area contributed by atoms with Gasteiger partial charge in [0.05, 0.1) is 12.5 Å². The van der Waals surface area contributed by atoms with Crippen molar-refractivity contribution in [2.24, 2.45) is 5.41 Å². The molecule has 0 radical (unpaired) electrons. The molecule has 2 amide bonds. The van der Waals surface area contributed by atoms with Crippen LogP contribution in [0.15, 0.2) is 24.3 Å². The number of piperidine rings is 1. The summed E-state index contributed by atoms with van der Waals surface area (Å²) in [5.41, 5.74) is 0.661. The Morgan fingerprint density at radius 1 is 1.24 bits per heavy atom. The molecule has 0 aromatic heterocycles. The van der Waals surface area contributed by atoms with E-state index in [4.69, 9.17) is 4.74 Å². The molecule has 2 heterocycles. The van der Waals surface area contributed by atoms with Crippen LogP contribution in [0.4, 0.5) is 0 Å². The number of benzene rings is 1. The number of methoxy groups -OCH3 is 1. The Morgan fingerprint density at radius 2 is 1.95 bits per heavy atom. The quantitative estimate of drug-likeness (QED) is 0.787. The molecule has 0 bridgehead atoms. The molecule has 3 rings (SSSR count). The molecule has 5 nitrogen and oxygen atoms in total. The second-order valence-corrected chi connectivity index (χ2v) is 6.03. The van der Waals surface area contributed by atoms with Crippen LogP contribution in [0.3, 0.4) is 0 Å². The monoisotopic (exact) mass is 288 g/mol. The number of carbonyl (C=O) groups excluding carboxylic acids is 2. The molecule has 2 saturated heterocycles. The van der Waals surface area contributed by atoms with Crippen LogP contribution in [0.2, 0.25) is 0 Å². The van der Waals surface area contributed by atoms with E-state index in [9.17, 15) is 9.59 Å². The number of hydrogen-bond donors (Lipinski definition) is 0. The van der Waals surface area contributed by atoms with Gasteiger partial charge in [0.25, 0.3) is 0 Å². The van der Waals surface area contributed by atoms with E-state index in [1.807, 2.05) is 29.2 Å². The van der Waals surface area contributed by atoms with Crippen molar-refractivity contribution in [1.82, 2.24) is 9.80 Å². The fourth-order valence-electron chi connectivity index (χ4n) is 3.16. The molecule has 2 aliphatic heterocycles. The van der Waals surface area contributed by atoms with Crippen LogP contribution in [0.5, 0.6) is 5.75 Å². The molecule has 1 atom stereocenters. The Labute approximate surface area is 124 Å². The number of hydrogen-bond acceptors (Lipinski definition) is 3. The summed E-state index contributed by atoms with van der Waals surface area (Å²) < 4.78 is 5.12. The maximum atomic E-state index is 12.4. The van der Waals surface area contributed by atoms with Crippen molar-refractivity contribution < 1.29 is 14.3 Å². The highest BCUT2D eigenvalue weighted by Crippen LogP contribution is 2.42.